The third kappa shape index (κ3) is 3.10. The van der Waals surface area contributed by atoms with Crippen molar-refractivity contribution < 1.29 is 4.52 Å². The van der Waals surface area contributed by atoms with E-state index in [9.17, 15) is 0 Å². The molecule has 0 saturated heterocycles. The molecule has 2 aliphatic rings. The average Bonchev–Trinajstić information content (AvgIpc) is 3.49. The summed E-state index contributed by atoms with van der Waals surface area (Å²) >= 11 is 0. The Labute approximate surface area is 175 Å². The number of rotatable bonds is 5. The second-order valence-corrected chi connectivity index (χ2v) is 8.61. The van der Waals surface area contributed by atoms with Crippen molar-refractivity contribution >= 4 is 17.9 Å². The lowest BCUT2D eigenvalue weighted by Gasteiger charge is -2.28. The molecule has 0 amide bonds. The van der Waals surface area contributed by atoms with E-state index in [1.165, 1.54) is 6.34 Å². The Morgan fingerprint density at radius 2 is 1.97 bits per heavy atom. The second-order valence-electron chi connectivity index (χ2n) is 8.61. The molecule has 1 aromatic carbocycles. The van der Waals surface area contributed by atoms with E-state index in [2.05, 4.69) is 41.1 Å². The molecule has 7 nitrogen and oxygen atoms in total. The molecular weight excluding hydrogens is 376 g/mol. The minimum absolute atomic E-state index is 0.441. The van der Waals surface area contributed by atoms with Crippen molar-refractivity contribution in [1.29, 1.82) is 10.8 Å². The Morgan fingerprint density at radius 3 is 2.73 bits per heavy atom. The average molecular weight is 400 g/mol. The fourth-order valence-electron chi connectivity index (χ4n) is 3.93. The van der Waals surface area contributed by atoms with Crippen molar-refractivity contribution in [2.75, 3.05) is 4.90 Å². The summed E-state index contributed by atoms with van der Waals surface area (Å²) in [7, 11) is 0. The monoisotopic (exact) mass is 400 g/mol. The van der Waals surface area contributed by atoms with E-state index in [1.807, 2.05) is 24.5 Å². The van der Waals surface area contributed by atoms with Crippen LogP contribution in [0.25, 0.3) is 11.1 Å². The maximum Gasteiger partial charge on any atom is 0.236 e. The highest BCUT2D eigenvalue weighted by Gasteiger charge is 2.34. The zero-order chi connectivity index (χ0) is 20.9. The maximum absolute atomic E-state index is 8.05. The van der Waals surface area contributed by atoms with Gasteiger partial charge in [0.05, 0.1) is 17.4 Å². The molecule has 0 bridgehead atoms. The van der Waals surface area contributed by atoms with Crippen LogP contribution < -0.4 is 4.90 Å². The highest BCUT2D eigenvalue weighted by molar-refractivity contribution is 6.11. The number of hydrogen-bond acceptors (Lipinski definition) is 6. The van der Waals surface area contributed by atoms with Crippen molar-refractivity contribution in [2.45, 2.75) is 50.9 Å². The van der Waals surface area contributed by atoms with Crippen LogP contribution in [0.1, 0.15) is 61.9 Å². The van der Waals surface area contributed by atoms with Gasteiger partial charge in [-0.1, -0.05) is 11.2 Å². The number of aromatic nitrogens is 3. The van der Waals surface area contributed by atoms with Gasteiger partial charge in [-0.15, -0.1) is 0 Å². The Kier molecular flexibility index (Phi) is 4.27. The molecule has 152 valence electrons. The van der Waals surface area contributed by atoms with E-state index >= 15 is 0 Å². The quantitative estimate of drug-likeness (QED) is 0.478. The number of nitrogens with one attached hydrogen (secondary N) is 2. The molecule has 2 aromatic heterocycles. The predicted octanol–water partition coefficient (Wildman–Crippen LogP) is 4.67. The topological polar surface area (TPSA) is 103 Å². The molecule has 1 aliphatic carbocycles. The Hall–Kier alpha value is -3.35. The van der Waals surface area contributed by atoms with E-state index in [4.69, 9.17) is 15.3 Å². The summed E-state index contributed by atoms with van der Waals surface area (Å²) in [6.07, 6.45) is 8.66. The summed E-state index contributed by atoms with van der Waals surface area (Å²) in [6.45, 7) is 4.16. The first-order valence-corrected chi connectivity index (χ1v) is 10.3. The van der Waals surface area contributed by atoms with E-state index in [0.717, 1.165) is 53.0 Å². The molecule has 0 unspecified atom stereocenters. The van der Waals surface area contributed by atoms with Gasteiger partial charge in [-0.05, 0) is 68.0 Å². The normalized spacial score (nSPS) is 16.5. The summed E-state index contributed by atoms with van der Waals surface area (Å²) in [5, 5.41) is 19.8. The first-order chi connectivity index (χ1) is 14.5. The van der Waals surface area contributed by atoms with E-state index in [1.54, 1.807) is 4.90 Å². The SMILES string of the molecule is CC(C)(c1cncc(-c2ccc3c(c2)CCC(=N)N3C=N)c1)c1nc(C2CC2)no1. The fraction of sp³-hybridized carbons (Fsp3) is 0.348. The highest BCUT2D eigenvalue weighted by Crippen LogP contribution is 2.40. The zero-order valence-electron chi connectivity index (χ0n) is 17.1. The number of fused-ring (bicyclic) bond motifs is 1. The van der Waals surface area contributed by atoms with Gasteiger partial charge in [-0.2, -0.15) is 4.98 Å². The molecule has 7 heteroatoms. The highest BCUT2D eigenvalue weighted by atomic mass is 16.5. The minimum atomic E-state index is -0.441. The lowest BCUT2D eigenvalue weighted by Crippen LogP contribution is -2.32. The van der Waals surface area contributed by atoms with Gasteiger partial charge in [0, 0.05) is 30.3 Å². The number of pyridine rings is 1. The standard InChI is InChI=1S/C23H24N6O/c1-23(2,22-27-21(28-30-22)14-3-4-14)18-10-17(11-26-12-18)15-5-7-19-16(9-15)6-8-20(25)29(19)13-24/h5,7,9-14,24-25H,3-4,6,8H2,1-2H3. The van der Waals surface area contributed by atoms with Gasteiger partial charge in [-0.25, -0.2) is 0 Å². The smallest absolute Gasteiger partial charge is 0.236 e. The Morgan fingerprint density at radius 1 is 1.13 bits per heavy atom. The number of hydrogen-bond donors (Lipinski definition) is 2. The van der Waals surface area contributed by atoms with Crippen LogP contribution in [0.15, 0.2) is 41.2 Å². The summed E-state index contributed by atoms with van der Waals surface area (Å²) in [6, 6.07) is 8.29. The van der Waals surface area contributed by atoms with Crippen LogP contribution in [0.2, 0.25) is 0 Å². The van der Waals surface area contributed by atoms with Gasteiger partial charge in [0.1, 0.15) is 5.84 Å². The van der Waals surface area contributed by atoms with Gasteiger partial charge in [0.15, 0.2) is 5.82 Å². The molecular formula is C23H24N6O. The first-order valence-electron chi connectivity index (χ1n) is 10.3. The third-order valence-electron chi connectivity index (χ3n) is 6.10. The first kappa shape index (κ1) is 18.7. The van der Waals surface area contributed by atoms with Crippen molar-refractivity contribution in [3.63, 3.8) is 0 Å². The zero-order valence-corrected chi connectivity index (χ0v) is 17.1. The van der Waals surface area contributed by atoms with Gasteiger partial charge in [0.25, 0.3) is 0 Å². The van der Waals surface area contributed by atoms with Crippen LogP contribution in [-0.4, -0.2) is 27.3 Å². The van der Waals surface area contributed by atoms with Gasteiger partial charge in [-0.3, -0.25) is 20.7 Å². The number of nitrogens with zero attached hydrogens (tertiary/aromatic N) is 4. The van der Waals surface area contributed by atoms with Gasteiger partial charge < -0.3 is 4.52 Å². The molecule has 5 rings (SSSR count). The van der Waals surface area contributed by atoms with Crippen LogP contribution in [0.4, 0.5) is 5.69 Å². The summed E-state index contributed by atoms with van der Waals surface area (Å²) in [5.74, 6) is 2.35. The maximum atomic E-state index is 8.05. The number of aryl methyl sites for hydroxylation is 1. The van der Waals surface area contributed by atoms with Gasteiger partial charge >= 0.3 is 0 Å². The molecule has 1 aliphatic heterocycles. The van der Waals surface area contributed by atoms with Crippen molar-refractivity contribution in [1.82, 2.24) is 15.1 Å². The molecule has 0 radical (unpaired) electrons. The van der Waals surface area contributed by atoms with E-state index < -0.39 is 5.41 Å². The lowest BCUT2D eigenvalue weighted by molar-refractivity contribution is 0.329. The van der Waals surface area contributed by atoms with Crippen molar-refractivity contribution in [3.05, 3.63) is 59.5 Å². The predicted molar refractivity (Wildman–Crippen MR) is 115 cm³/mol. The minimum Gasteiger partial charge on any atom is -0.338 e. The summed E-state index contributed by atoms with van der Waals surface area (Å²) < 4.78 is 5.60. The van der Waals surface area contributed by atoms with E-state index in [0.29, 0.717) is 24.1 Å². The molecule has 3 heterocycles. The summed E-state index contributed by atoms with van der Waals surface area (Å²) in [4.78, 5) is 10.8. The van der Waals surface area contributed by atoms with Crippen LogP contribution in [0.3, 0.4) is 0 Å². The molecule has 3 aromatic rings. The van der Waals surface area contributed by atoms with Crippen LogP contribution >= 0.6 is 0 Å². The van der Waals surface area contributed by atoms with E-state index in [-0.39, 0.29) is 0 Å². The van der Waals surface area contributed by atoms with Gasteiger partial charge in [0.2, 0.25) is 5.89 Å². The van der Waals surface area contributed by atoms with Crippen LogP contribution in [0.5, 0.6) is 0 Å². The molecule has 30 heavy (non-hydrogen) atoms. The Balaban J connectivity index is 1.49. The fourth-order valence-corrected chi connectivity index (χ4v) is 3.93. The Bertz CT molecular complexity index is 1140. The van der Waals surface area contributed by atoms with Crippen molar-refractivity contribution in [2.24, 2.45) is 0 Å². The molecule has 1 fully saturated rings. The number of anilines is 1. The molecule has 0 atom stereocenters. The second kappa shape index (κ2) is 6.86. The summed E-state index contributed by atoms with van der Waals surface area (Å²) in [5.41, 5.74) is 4.72. The molecule has 0 spiro atoms. The molecule has 2 N–H and O–H groups in total. The lowest BCUT2D eigenvalue weighted by atomic mass is 9.84. The number of benzene rings is 1. The van der Waals surface area contributed by atoms with Crippen LogP contribution in [-0.2, 0) is 11.8 Å². The third-order valence-corrected chi connectivity index (χ3v) is 6.10. The van der Waals surface area contributed by atoms with Crippen molar-refractivity contribution in [3.8, 4) is 11.1 Å². The van der Waals surface area contributed by atoms with Crippen LogP contribution in [0, 0.1) is 10.8 Å². The largest absolute Gasteiger partial charge is 0.338 e. The molecule has 1 saturated carbocycles. The number of amidine groups is 1.